The van der Waals surface area contributed by atoms with Gasteiger partial charge < -0.3 is 19.7 Å². The van der Waals surface area contributed by atoms with Crippen LogP contribution in [0.4, 0.5) is 4.39 Å². The molecule has 0 saturated heterocycles. The zero-order valence-electron chi connectivity index (χ0n) is 9.99. The van der Waals surface area contributed by atoms with Crippen molar-refractivity contribution < 1.29 is 28.9 Å². The van der Waals surface area contributed by atoms with E-state index in [0.29, 0.717) is 0 Å². The molecule has 1 heterocycles. The molecule has 1 aliphatic rings. The molecule has 98 valence electrons. The highest BCUT2D eigenvalue weighted by molar-refractivity contribution is 5.74. The van der Waals surface area contributed by atoms with Gasteiger partial charge in [0.2, 0.25) is 6.79 Å². The average Bonchev–Trinajstić information content (AvgIpc) is 2.72. The van der Waals surface area contributed by atoms with Gasteiger partial charge in [0, 0.05) is 11.6 Å². The molecule has 2 rings (SSSR count). The number of hydrogen-bond acceptors (Lipinski definition) is 4. The number of ether oxygens (including phenoxy) is 2. The van der Waals surface area contributed by atoms with Gasteiger partial charge in [-0.25, -0.2) is 4.39 Å². The van der Waals surface area contributed by atoms with E-state index in [1.807, 2.05) is 0 Å². The van der Waals surface area contributed by atoms with E-state index < -0.39 is 23.0 Å². The Morgan fingerprint density at radius 1 is 1.50 bits per heavy atom. The second-order valence-corrected chi connectivity index (χ2v) is 4.79. The Hall–Kier alpha value is -1.98. The molecule has 0 aliphatic carbocycles. The van der Waals surface area contributed by atoms with Crippen molar-refractivity contribution in [2.75, 3.05) is 6.79 Å². The van der Waals surface area contributed by atoms with Crippen molar-refractivity contribution in [3.63, 3.8) is 0 Å². The molecule has 0 unspecified atom stereocenters. The monoisotopic (exact) mass is 256 g/mol. The first-order chi connectivity index (χ1) is 8.33. The molecule has 0 fully saturated rings. The smallest absolute Gasteiger partial charge is 0.309 e. The molecule has 0 amide bonds. The maximum atomic E-state index is 13.9. The van der Waals surface area contributed by atoms with E-state index in [1.54, 1.807) is 0 Å². The lowest BCUT2D eigenvalue weighted by Gasteiger charge is -2.20. The van der Waals surface area contributed by atoms with Crippen molar-refractivity contribution >= 4 is 5.97 Å². The lowest BCUT2D eigenvalue weighted by Crippen LogP contribution is -2.26. The Morgan fingerprint density at radius 3 is 2.78 bits per heavy atom. The minimum atomic E-state index is -1.17. The van der Waals surface area contributed by atoms with Gasteiger partial charge in [-0.2, -0.15) is 0 Å². The van der Waals surface area contributed by atoms with E-state index in [2.05, 4.69) is 0 Å². The van der Waals surface area contributed by atoms with Crippen LogP contribution in [-0.4, -0.2) is 23.0 Å². The molecule has 0 bridgehead atoms. The number of aromatic hydroxyl groups is 1. The van der Waals surface area contributed by atoms with Gasteiger partial charge in [-0.15, -0.1) is 0 Å². The predicted octanol–water partition coefficient (Wildman–Crippen LogP) is 1.91. The number of benzene rings is 1. The van der Waals surface area contributed by atoms with Crippen LogP contribution >= 0.6 is 0 Å². The van der Waals surface area contributed by atoms with E-state index in [0.717, 1.165) is 6.07 Å². The lowest BCUT2D eigenvalue weighted by atomic mass is 9.85. The van der Waals surface area contributed by atoms with Crippen LogP contribution in [0.5, 0.6) is 17.2 Å². The quantitative estimate of drug-likeness (QED) is 0.864. The zero-order valence-corrected chi connectivity index (χ0v) is 9.99. The number of aliphatic carboxylic acids is 1. The summed E-state index contributed by atoms with van der Waals surface area (Å²) in [4.78, 5) is 11.1. The highest BCUT2D eigenvalue weighted by atomic mass is 19.1. The van der Waals surface area contributed by atoms with E-state index in [9.17, 15) is 14.3 Å². The van der Waals surface area contributed by atoms with Crippen molar-refractivity contribution in [1.29, 1.82) is 0 Å². The SMILES string of the molecule is CC(C)(Cc1c(F)c(O)cc2c1OCO2)C(=O)O. The molecule has 0 spiro atoms. The number of carboxylic acid groups (broad SMARTS) is 1. The van der Waals surface area contributed by atoms with E-state index in [1.165, 1.54) is 13.8 Å². The molecule has 2 N–H and O–H groups in total. The standard InChI is InChI=1S/C12H13FO5/c1-12(2,11(15)16)4-6-9(13)7(14)3-8-10(6)18-5-17-8/h3,14H,4-5H2,1-2H3,(H,15,16). The average molecular weight is 256 g/mol. The minimum Gasteiger partial charge on any atom is -0.505 e. The number of rotatable bonds is 3. The second-order valence-electron chi connectivity index (χ2n) is 4.79. The number of carboxylic acids is 1. The van der Waals surface area contributed by atoms with Crippen molar-refractivity contribution in [2.24, 2.45) is 5.41 Å². The fourth-order valence-corrected chi connectivity index (χ4v) is 1.75. The van der Waals surface area contributed by atoms with Crippen LogP contribution < -0.4 is 9.47 Å². The van der Waals surface area contributed by atoms with Gasteiger partial charge in [0.15, 0.2) is 23.1 Å². The summed E-state index contributed by atoms with van der Waals surface area (Å²) < 4.78 is 24.1. The van der Waals surface area contributed by atoms with Gasteiger partial charge in [0.1, 0.15) is 0 Å². The molecule has 1 aromatic rings. The molecular formula is C12H13FO5. The number of halogens is 1. The molecule has 18 heavy (non-hydrogen) atoms. The maximum absolute atomic E-state index is 13.9. The summed E-state index contributed by atoms with van der Waals surface area (Å²) in [5.74, 6) is -2.10. The molecule has 6 heteroatoms. The topological polar surface area (TPSA) is 76.0 Å². The van der Waals surface area contributed by atoms with E-state index >= 15 is 0 Å². The first-order valence-electron chi connectivity index (χ1n) is 5.36. The number of fused-ring (bicyclic) bond motifs is 1. The fourth-order valence-electron chi connectivity index (χ4n) is 1.75. The summed E-state index contributed by atoms with van der Waals surface area (Å²) in [5.41, 5.74) is -1.15. The number of carbonyl (C=O) groups is 1. The molecule has 5 nitrogen and oxygen atoms in total. The molecule has 0 atom stereocenters. The van der Waals surface area contributed by atoms with Crippen molar-refractivity contribution in [3.05, 3.63) is 17.4 Å². The summed E-state index contributed by atoms with van der Waals surface area (Å²) >= 11 is 0. The third-order valence-corrected chi connectivity index (χ3v) is 2.87. The van der Waals surface area contributed by atoms with E-state index in [-0.39, 0.29) is 30.3 Å². The van der Waals surface area contributed by atoms with Gasteiger partial charge in [-0.05, 0) is 20.3 Å². The van der Waals surface area contributed by atoms with Crippen molar-refractivity contribution in [3.8, 4) is 17.2 Å². The van der Waals surface area contributed by atoms with Crippen LogP contribution in [0.2, 0.25) is 0 Å². The summed E-state index contributed by atoms with van der Waals surface area (Å²) in [6.45, 7) is 2.88. The van der Waals surface area contributed by atoms with Crippen LogP contribution in [0.25, 0.3) is 0 Å². The first kappa shape index (κ1) is 12.5. The number of hydrogen-bond donors (Lipinski definition) is 2. The van der Waals surface area contributed by atoms with E-state index in [4.69, 9.17) is 14.6 Å². The summed E-state index contributed by atoms with van der Waals surface area (Å²) in [7, 11) is 0. The fraction of sp³-hybridized carbons (Fsp3) is 0.417. The Balaban J connectivity index is 2.48. The maximum Gasteiger partial charge on any atom is 0.309 e. The predicted molar refractivity (Wildman–Crippen MR) is 59.3 cm³/mol. The third kappa shape index (κ3) is 1.94. The van der Waals surface area contributed by atoms with Crippen molar-refractivity contribution in [1.82, 2.24) is 0 Å². The molecular weight excluding hydrogens is 243 g/mol. The van der Waals surface area contributed by atoms with Crippen LogP contribution in [0, 0.1) is 11.2 Å². The lowest BCUT2D eigenvalue weighted by molar-refractivity contribution is -0.146. The van der Waals surface area contributed by atoms with Crippen LogP contribution in [0.1, 0.15) is 19.4 Å². The van der Waals surface area contributed by atoms with Gasteiger partial charge in [-0.1, -0.05) is 0 Å². The minimum absolute atomic E-state index is 0.0231. The summed E-state index contributed by atoms with van der Waals surface area (Å²) in [5, 5.41) is 18.5. The van der Waals surface area contributed by atoms with Gasteiger partial charge >= 0.3 is 5.97 Å². The second kappa shape index (κ2) is 4.04. The highest BCUT2D eigenvalue weighted by Gasteiger charge is 2.33. The van der Waals surface area contributed by atoms with Gasteiger partial charge in [0.05, 0.1) is 5.41 Å². The number of phenolic OH excluding ortho intramolecular Hbond substituents is 1. The largest absolute Gasteiger partial charge is 0.505 e. The Labute approximate surface area is 103 Å². The molecule has 0 radical (unpaired) electrons. The summed E-state index contributed by atoms with van der Waals surface area (Å²) in [6.07, 6.45) is -0.103. The van der Waals surface area contributed by atoms with Crippen molar-refractivity contribution in [2.45, 2.75) is 20.3 Å². The van der Waals surface area contributed by atoms with Crippen LogP contribution in [0.3, 0.4) is 0 Å². The summed E-state index contributed by atoms with van der Waals surface area (Å²) in [6, 6.07) is 1.12. The molecule has 1 aromatic carbocycles. The van der Waals surface area contributed by atoms with Gasteiger partial charge in [-0.3, -0.25) is 4.79 Å². The zero-order chi connectivity index (χ0) is 13.5. The van der Waals surface area contributed by atoms with Crippen LogP contribution in [0.15, 0.2) is 6.07 Å². The highest BCUT2D eigenvalue weighted by Crippen LogP contribution is 2.43. The molecule has 0 saturated carbocycles. The first-order valence-corrected chi connectivity index (χ1v) is 5.36. The Bertz CT molecular complexity index is 510. The third-order valence-electron chi connectivity index (χ3n) is 2.87. The Morgan fingerprint density at radius 2 is 2.17 bits per heavy atom. The molecule has 1 aliphatic heterocycles. The normalized spacial score (nSPS) is 13.7. The molecule has 0 aromatic heterocycles. The Kier molecular flexibility index (Phi) is 2.80. The number of phenols is 1. The van der Waals surface area contributed by atoms with Gasteiger partial charge in [0.25, 0.3) is 0 Å². The van der Waals surface area contributed by atoms with Crippen LogP contribution in [-0.2, 0) is 11.2 Å².